The Balaban J connectivity index is 0.000000162. The summed E-state index contributed by atoms with van der Waals surface area (Å²) in [5.41, 5.74) is 4.02. The van der Waals surface area contributed by atoms with E-state index in [0.29, 0.717) is 21.0 Å². The predicted octanol–water partition coefficient (Wildman–Crippen LogP) is -0.0717. The minimum absolute atomic E-state index is 0.0550. The van der Waals surface area contributed by atoms with Crippen LogP contribution in [0, 0.1) is 13.8 Å². The van der Waals surface area contributed by atoms with Crippen molar-refractivity contribution in [3.05, 3.63) is 82.8 Å². The van der Waals surface area contributed by atoms with Gasteiger partial charge < -0.3 is 4.42 Å². The van der Waals surface area contributed by atoms with Gasteiger partial charge in [-0.1, -0.05) is 0 Å². The molecule has 0 unspecified atom stereocenters. The second-order valence-corrected chi connectivity index (χ2v) is 8.77. The van der Waals surface area contributed by atoms with Crippen LogP contribution in [-0.4, -0.2) is 34.9 Å². The van der Waals surface area contributed by atoms with Gasteiger partial charge in [0.1, 0.15) is 0 Å². The maximum Gasteiger partial charge on any atom is 0.434 e. The summed E-state index contributed by atoms with van der Waals surface area (Å²) in [7, 11) is 0. The van der Waals surface area contributed by atoms with Crippen LogP contribution in [0.4, 0.5) is 0 Å². The number of amides is 1. The van der Waals surface area contributed by atoms with E-state index >= 15 is 0 Å². The molecule has 15 heteroatoms. The third-order valence-electron chi connectivity index (χ3n) is 4.71. The summed E-state index contributed by atoms with van der Waals surface area (Å²) in [4.78, 5) is 55.6. The number of carbonyl (C=O) groups excluding carboxylic acids is 1. The number of carbonyl (C=O) groups is 1. The molecule has 176 valence electrons. The molecule has 4 N–H and O–H groups in total. The zero-order valence-corrected chi connectivity index (χ0v) is 19.5. The maximum absolute atomic E-state index is 12.2. The number of aromatic nitrogens is 6. The minimum Gasteiger partial charge on any atom is -0.392 e. The van der Waals surface area contributed by atoms with Gasteiger partial charge in [-0.2, -0.15) is 0 Å². The molecule has 0 aromatic carbocycles. The molecule has 5 heterocycles. The maximum atomic E-state index is 12.2. The minimum atomic E-state index is -0.633. The van der Waals surface area contributed by atoms with Gasteiger partial charge in [0.25, 0.3) is 11.1 Å². The van der Waals surface area contributed by atoms with E-state index in [9.17, 15) is 19.2 Å². The van der Waals surface area contributed by atoms with E-state index in [1.54, 1.807) is 0 Å². The van der Waals surface area contributed by atoms with Crippen LogP contribution in [0.3, 0.4) is 0 Å². The third-order valence-corrected chi connectivity index (χ3v) is 6.63. The lowest BCUT2D eigenvalue weighted by Crippen LogP contribution is -2.33. The molecular formula is C19H18N8O5S2. The Bertz CT molecular complexity index is 1670. The first-order valence-electron chi connectivity index (χ1n) is 9.71. The molecule has 0 radical (unpaired) electrons. The molecule has 13 nitrogen and oxygen atoms in total. The van der Waals surface area contributed by atoms with Gasteiger partial charge in [0, 0.05) is 45.7 Å². The molecule has 0 bridgehead atoms. The first-order chi connectivity index (χ1) is 16.3. The fourth-order valence-corrected chi connectivity index (χ4v) is 4.74. The molecular weight excluding hydrogens is 484 g/mol. The molecule has 5 aromatic rings. The lowest BCUT2D eigenvalue weighted by molar-refractivity contribution is -0.120. The first-order valence-corrected chi connectivity index (χ1v) is 11.5. The summed E-state index contributed by atoms with van der Waals surface area (Å²) >= 11 is 2.79. The van der Waals surface area contributed by atoms with E-state index in [1.165, 1.54) is 43.9 Å². The molecule has 0 fully saturated rings. The van der Waals surface area contributed by atoms with Gasteiger partial charge in [-0.25, -0.2) is 25.7 Å². The number of hydrogen-bond donors (Lipinski definition) is 3. The van der Waals surface area contributed by atoms with Gasteiger partial charge in [-0.15, -0.1) is 27.8 Å². The molecule has 0 saturated heterocycles. The Morgan fingerprint density at radius 2 is 1.59 bits per heavy atom. The Kier molecular flexibility index (Phi) is 6.49. The van der Waals surface area contributed by atoms with Crippen molar-refractivity contribution in [2.24, 2.45) is 5.84 Å². The molecule has 5 rings (SSSR count). The average molecular weight is 503 g/mol. The highest BCUT2D eigenvalue weighted by molar-refractivity contribution is 7.15. The highest BCUT2D eigenvalue weighted by Crippen LogP contribution is 2.12. The fraction of sp³-hybridized carbons (Fsp3) is 0.211. The number of nitrogens with zero attached hydrogens (tertiary/aromatic N) is 5. The Labute approximate surface area is 197 Å². The second-order valence-electron chi connectivity index (χ2n) is 7.10. The van der Waals surface area contributed by atoms with Gasteiger partial charge in [-0.05, 0) is 13.8 Å². The second kappa shape index (κ2) is 9.50. The molecule has 0 saturated carbocycles. The van der Waals surface area contributed by atoms with Crippen LogP contribution >= 0.6 is 22.7 Å². The van der Waals surface area contributed by atoms with Crippen molar-refractivity contribution >= 4 is 38.5 Å². The standard InChI is InChI=1S/C10H8N4O3S.C9H10N4O2S/c1-5-4-18-9-11-3-6(8(15)14(5)9)2-7-12-13-10(16)17-7;1-5-4-16-9-11-3-6(2-7(14)12-10)8(15)13(5)9/h3-4H,2H2,1H3,(H,13,16);3-4H,2,10H2,1H3,(H,12,14). The highest BCUT2D eigenvalue weighted by Gasteiger charge is 2.12. The number of rotatable bonds is 4. The number of nitrogens with one attached hydrogen (secondary N) is 2. The van der Waals surface area contributed by atoms with E-state index in [1.807, 2.05) is 30.0 Å². The Hall–Kier alpha value is -3.95. The summed E-state index contributed by atoms with van der Waals surface area (Å²) in [6, 6.07) is 0. The van der Waals surface area contributed by atoms with Gasteiger partial charge in [0.05, 0.1) is 12.8 Å². The van der Waals surface area contributed by atoms with Gasteiger partial charge in [0.2, 0.25) is 11.8 Å². The number of aromatic amines is 1. The van der Waals surface area contributed by atoms with Crippen LogP contribution in [0.5, 0.6) is 0 Å². The van der Waals surface area contributed by atoms with Crippen LogP contribution in [-0.2, 0) is 17.6 Å². The van der Waals surface area contributed by atoms with Crippen molar-refractivity contribution < 1.29 is 9.21 Å². The summed E-state index contributed by atoms with van der Waals surface area (Å²) in [6.07, 6.45) is 2.99. The smallest absolute Gasteiger partial charge is 0.392 e. The van der Waals surface area contributed by atoms with Crippen LogP contribution in [0.2, 0.25) is 0 Å². The normalized spacial score (nSPS) is 10.9. The summed E-state index contributed by atoms with van der Waals surface area (Å²) in [5.74, 6) is 4.09. The van der Waals surface area contributed by atoms with Crippen molar-refractivity contribution in [1.29, 1.82) is 0 Å². The van der Waals surface area contributed by atoms with E-state index < -0.39 is 11.7 Å². The van der Waals surface area contributed by atoms with Crippen molar-refractivity contribution in [2.45, 2.75) is 26.7 Å². The number of thiazole rings is 2. The topological polar surface area (TPSA) is 183 Å². The number of hydrazine groups is 1. The van der Waals surface area contributed by atoms with Crippen LogP contribution < -0.4 is 28.1 Å². The zero-order valence-electron chi connectivity index (χ0n) is 17.9. The van der Waals surface area contributed by atoms with Crippen molar-refractivity contribution in [2.75, 3.05) is 0 Å². The summed E-state index contributed by atoms with van der Waals surface area (Å²) in [5, 5.41) is 9.52. The SMILES string of the molecule is Cc1csc2ncc(CC(=O)NN)c(=O)n12.Cc1csc2ncc(Cc3n[nH]c(=O)o3)c(=O)n12. The molecule has 34 heavy (non-hydrogen) atoms. The van der Waals surface area contributed by atoms with E-state index in [0.717, 1.165) is 11.4 Å². The number of fused-ring (bicyclic) bond motifs is 2. The van der Waals surface area contributed by atoms with Crippen molar-refractivity contribution in [3.8, 4) is 0 Å². The number of H-pyrrole nitrogens is 1. The number of aryl methyl sites for hydroxylation is 2. The van der Waals surface area contributed by atoms with Crippen molar-refractivity contribution in [1.82, 2.24) is 34.4 Å². The van der Waals surface area contributed by atoms with Crippen LogP contribution in [0.1, 0.15) is 28.4 Å². The molecule has 0 aliphatic rings. The fourth-order valence-electron chi connectivity index (χ4n) is 3.09. The molecule has 1 amide bonds. The predicted molar refractivity (Wildman–Crippen MR) is 124 cm³/mol. The average Bonchev–Trinajstić information content (AvgIpc) is 3.52. The van der Waals surface area contributed by atoms with E-state index in [4.69, 9.17) is 10.3 Å². The lowest BCUT2D eigenvalue weighted by Gasteiger charge is -2.00. The largest absolute Gasteiger partial charge is 0.434 e. The Morgan fingerprint density at radius 1 is 1.03 bits per heavy atom. The van der Waals surface area contributed by atoms with Gasteiger partial charge >= 0.3 is 5.76 Å². The lowest BCUT2D eigenvalue weighted by atomic mass is 10.2. The first kappa shape index (κ1) is 23.2. The molecule has 0 aliphatic heterocycles. The van der Waals surface area contributed by atoms with Crippen LogP contribution in [0.25, 0.3) is 9.92 Å². The molecule has 0 aliphatic carbocycles. The van der Waals surface area contributed by atoms with Gasteiger partial charge in [-0.3, -0.25) is 28.6 Å². The molecule has 0 spiro atoms. The quantitative estimate of drug-likeness (QED) is 0.172. The third kappa shape index (κ3) is 4.57. The summed E-state index contributed by atoms with van der Waals surface area (Å²) < 4.78 is 7.79. The number of nitrogens with two attached hydrogens (primary N) is 1. The highest BCUT2D eigenvalue weighted by atomic mass is 32.1. The Morgan fingerprint density at radius 3 is 2.12 bits per heavy atom. The van der Waals surface area contributed by atoms with Crippen molar-refractivity contribution in [3.63, 3.8) is 0 Å². The van der Waals surface area contributed by atoms with Crippen LogP contribution in [0.15, 0.2) is 42.0 Å². The van der Waals surface area contributed by atoms with E-state index in [2.05, 4.69) is 20.2 Å². The monoisotopic (exact) mass is 502 g/mol. The zero-order chi connectivity index (χ0) is 24.4. The molecule has 5 aromatic heterocycles. The van der Waals surface area contributed by atoms with Gasteiger partial charge in [0.15, 0.2) is 9.92 Å². The molecule has 0 atom stereocenters. The van der Waals surface area contributed by atoms with E-state index in [-0.39, 0.29) is 29.9 Å². The summed E-state index contributed by atoms with van der Waals surface area (Å²) in [6.45, 7) is 3.66. The number of hydrogen-bond acceptors (Lipinski definition) is 11.